The van der Waals surface area contributed by atoms with Crippen molar-refractivity contribution in [2.75, 3.05) is 13.2 Å². The van der Waals surface area contributed by atoms with Gasteiger partial charge in [-0.25, -0.2) is 4.79 Å². The minimum atomic E-state index is -1.39. The Bertz CT molecular complexity index is 219. The second-order valence-corrected chi connectivity index (χ2v) is 5.40. The normalized spacial score (nSPS) is 12.3. The fourth-order valence-corrected chi connectivity index (χ4v) is 2.11. The molecule has 0 rings (SSSR count). The van der Waals surface area contributed by atoms with Crippen LogP contribution in [0, 0.1) is 0 Å². The maximum absolute atomic E-state index is 11.0. The van der Waals surface area contributed by atoms with E-state index < -0.39 is 18.7 Å². The molecule has 0 saturated carbocycles. The van der Waals surface area contributed by atoms with Gasteiger partial charge in [0.1, 0.15) is 0 Å². The highest BCUT2D eigenvalue weighted by Gasteiger charge is 2.14. The van der Waals surface area contributed by atoms with Crippen LogP contribution in [0.15, 0.2) is 0 Å². The van der Waals surface area contributed by atoms with E-state index in [9.17, 15) is 4.79 Å². The van der Waals surface area contributed by atoms with Crippen LogP contribution in [0.3, 0.4) is 0 Å². The molecule has 0 aromatic rings. The third-order valence-corrected chi connectivity index (χ3v) is 3.44. The number of esters is 1. The fraction of sp³-hybridized carbons (Fsp3) is 0.938. The zero-order valence-electron chi connectivity index (χ0n) is 13.0. The monoisotopic (exact) mass is 288 g/mol. The second-order valence-electron chi connectivity index (χ2n) is 5.40. The molecule has 20 heavy (non-hydrogen) atoms. The maximum Gasteiger partial charge on any atom is 0.337 e. The first-order chi connectivity index (χ1) is 9.72. The molecule has 0 heterocycles. The van der Waals surface area contributed by atoms with Crippen LogP contribution >= 0.6 is 0 Å². The molecular weight excluding hydrogens is 256 g/mol. The van der Waals surface area contributed by atoms with Gasteiger partial charge >= 0.3 is 5.97 Å². The van der Waals surface area contributed by atoms with Crippen molar-refractivity contribution < 1.29 is 19.7 Å². The van der Waals surface area contributed by atoms with Gasteiger partial charge in [0.25, 0.3) is 0 Å². The molecule has 120 valence electrons. The van der Waals surface area contributed by atoms with Gasteiger partial charge in [-0.3, -0.25) is 0 Å². The number of carbonyl (C=O) groups is 1. The van der Waals surface area contributed by atoms with E-state index in [0.29, 0.717) is 6.61 Å². The van der Waals surface area contributed by atoms with Crippen molar-refractivity contribution in [1.82, 2.24) is 0 Å². The first-order valence-electron chi connectivity index (χ1n) is 8.18. The summed E-state index contributed by atoms with van der Waals surface area (Å²) < 4.78 is 4.83. The smallest absolute Gasteiger partial charge is 0.337 e. The lowest BCUT2D eigenvalue weighted by Crippen LogP contribution is -2.26. The molecule has 0 bridgehead atoms. The average molecular weight is 288 g/mol. The largest absolute Gasteiger partial charge is 0.464 e. The number of hydrogen-bond acceptors (Lipinski definition) is 4. The van der Waals surface area contributed by atoms with Gasteiger partial charge in [0, 0.05) is 0 Å². The Kier molecular flexibility index (Phi) is 14.3. The third kappa shape index (κ3) is 12.4. The van der Waals surface area contributed by atoms with Crippen molar-refractivity contribution in [2.45, 2.75) is 83.7 Å². The number of ether oxygens (including phenoxy) is 1. The van der Waals surface area contributed by atoms with Gasteiger partial charge in [-0.1, -0.05) is 71.1 Å². The summed E-state index contributed by atoms with van der Waals surface area (Å²) in [6.45, 7) is 2.01. The summed E-state index contributed by atoms with van der Waals surface area (Å²) in [4.78, 5) is 11.0. The first-order valence-corrected chi connectivity index (χ1v) is 8.18. The molecule has 4 nitrogen and oxygen atoms in total. The van der Waals surface area contributed by atoms with Crippen LogP contribution in [0.5, 0.6) is 0 Å². The molecule has 0 amide bonds. The summed E-state index contributed by atoms with van der Waals surface area (Å²) in [5.74, 6) is -0.723. The van der Waals surface area contributed by atoms with E-state index in [1.165, 1.54) is 57.8 Å². The highest BCUT2D eigenvalue weighted by molar-refractivity contribution is 5.74. The van der Waals surface area contributed by atoms with E-state index >= 15 is 0 Å². The zero-order valence-corrected chi connectivity index (χ0v) is 13.0. The Hall–Kier alpha value is -0.610. The van der Waals surface area contributed by atoms with Gasteiger partial charge in [-0.2, -0.15) is 0 Å². The van der Waals surface area contributed by atoms with Crippen LogP contribution in [0.25, 0.3) is 0 Å². The summed E-state index contributed by atoms with van der Waals surface area (Å²) in [6, 6.07) is 0. The summed E-state index contributed by atoms with van der Waals surface area (Å²) in [7, 11) is 0. The minimum Gasteiger partial charge on any atom is -0.464 e. The molecule has 0 spiro atoms. The molecule has 0 aliphatic heterocycles. The number of rotatable bonds is 14. The van der Waals surface area contributed by atoms with Crippen LogP contribution in [0.4, 0.5) is 0 Å². The SMILES string of the molecule is CCCCCCCCCCCCCOC(=O)C(O)CO. The predicted molar refractivity (Wildman–Crippen MR) is 80.5 cm³/mol. The molecule has 0 aromatic heterocycles. The van der Waals surface area contributed by atoms with Crippen molar-refractivity contribution in [3.8, 4) is 0 Å². The molecule has 0 aliphatic rings. The first kappa shape index (κ1) is 19.4. The maximum atomic E-state index is 11.0. The van der Waals surface area contributed by atoms with Crippen LogP contribution in [-0.2, 0) is 9.53 Å². The molecule has 1 unspecified atom stereocenters. The Morgan fingerprint density at radius 2 is 1.35 bits per heavy atom. The van der Waals surface area contributed by atoms with Gasteiger partial charge in [-0.15, -0.1) is 0 Å². The fourth-order valence-electron chi connectivity index (χ4n) is 2.11. The van der Waals surface area contributed by atoms with E-state index in [1.54, 1.807) is 0 Å². The van der Waals surface area contributed by atoms with Crippen molar-refractivity contribution in [1.29, 1.82) is 0 Å². The van der Waals surface area contributed by atoms with Crippen LogP contribution in [-0.4, -0.2) is 35.5 Å². The lowest BCUT2D eigenvalue weighted by atomic mass is 10.1. The topological polar surface area (TPSA) is 66.8 Å². The van der Waals surface area contributed by atoms with E-state index in [2.05, 4.69) is 6.92 Å². The molecule has 0 fully saturated rings. The standard InChI is InChI=1S/C16H32O4/c1-2-3-4-5-6-7-8-9-10-11-12-13-20-16(19)15(18)14-17/h15,17-18H,2-14H2,1H3. The molecule has 0 saturated heterocycles. The molecular formula is C16H32O4. The Morgan fingerprint density at radius 1 is 0.900 bits per heavy atom. The third-order valence-electron chi connectivity index (χ3n) is 3.44. The summed E-state index contributed by atoms with van der Waals surface area (Å²) >= 11 is 0. The summed E-state index contributed by atoms with van der Waals surface area (Å²) in [5.41, 5.74) is 0. The van der Waals surface area contributed by atoms with Gasteiger partial charge in [0.15, 0.2) is 6.10 Å². The van der Waals surface area contributed by atoms with Gasteiger partial charge in [-0.05, 0) is 6.42 Å². The summed E-state index contributed by atoms with van der Waals surface area (Å²) in [6.07, 6.45) is 12.3. The Labute approximate surface area is 123 Å². The number of unbranched alkanes of at least 4 members (excludes halogenated alkanes) is 10. The van der Waals surface area contributed by atoms with Gasteiger partial charge in [0.2, 0.25) is 0 Å². The zero-order chi connectivity index (χ0) is 15.1. The van der Waals surface area contributed by atoms with Crippen LogP contribution < -0.4 is 0 Å². The summed E-state index contributed by atoms with van der Waals surface area (Å²) in [5, 5.41) is 17.5. The van der Waals surface area contributed by atoms with Crippen LogP contribution in [0.2, 0.25) is 0 Å². The molecule has 0 aromatic carbocycles. The Balaban J connectivity index is 3.11. The lowest BCUT2D eigenvalue weighted by Gasteiger charge is -2.07. The molecule has 0 radical (unpaired) electrons. The van der Waals surface area contributed by atoms with E-state index in [4.69, 9.17) is 14.9 Å². The number of hydrogen-bond donors (Lipinski definition) is 2. The second kappa shape index (κ2) is 14.8. The van der Waals surface area contributed by atoms with Gasteiger partial charge < -0.3 is 14.9 Å². The van der Waals surface area contributed by atoms with Gasteiger partial charge in [0.05, 0.1) is 13.2 Å². The van der Waals surface area contributed by atoms with Crippen molar-refractivity contribution in [2.24, 2.45) is 0 Å². The van der Waals surface area contributed by atoms with E-state index in [1.807, 2.05) is 0 Å². The minimum absolute atomic E-state index is 0.340. The highest BCUT2D eigenvalue weighted by Crippen LogP contribution is 2.11. The quantitative estimate of drug-likeness (QED) is 0.380. The van der Waals surface area contributed by atoms with E-state index in [-0.39, 0.29) is 0 Å². The highest BCUT2D eigenvalue weighted by atomic mass is 16.5. The van der Waals surface area contributed by atoms with Crippen molar-refractivity contribution in [3.05, 3.63) is 0 Å². The lowest BCUT2D eigenvalue weighted by molar-refractivity contribution is -0.155. The van der Waals surface area contributed by atoms with Crippen molar-refractivity contribution >= 4 is 5.97 Å². The Morgan fingerprint density at radius 3 is 1.80 bits per heavy atom. The molecule has 0 aliphatic carbocycles. The van der Waals surface area contributed by atoms with Crippen LogP contribution in [0.1, 0.15) is 77.6 Å². The number of aliphatic hydroxyl groups is 2. The predicted octanol–water partition coefficient (Wildman–Crippen LogP) is 3.19. The molecule has 2 N–H and O–H groups in total. The van der Waals surface area contributed by atoms with E-state index in [0.717, 1.165) is 12.8 Å². The average Bonchev–Trinajstić information content (AvgIpc) is 2.47. The van der Waals surface area contributed by atoms with Crippen molar-refractivity contribution in [3.63, 3.8) is 0 Å². The number of aliphatic hydroxyl groups excluding tert-OH is 2. The number of carbonyl (C=O) groups excluding carboxylic acids is 1. The molecule has 1 atom stereocenters. The molecule has 4 heteroatoms.